The van der Waals surface area contributed by atoms with Crippen LogP contribution in [0.2, 0.25) is 0 Å². The summed E-state index contributed by atoms with van der Waals surface area (Å²) in [5.41, 5.74) is 3.20. The summed E-state index contributed by atoms with van der Waals surface area (Å²) >= 11 is 1.68. The number of nitrogens with one attached hydrogen (secondary N) is 2. The number of nitrogens with zero attached hydrogens (tertiary/aromatic N) is 2. The van der Waals surface area contributed by atoms with Gasteiger partial charge in [-0.2, -0.15) is 0 Å². The molecule has 1 aliphatic rings. The minimum absolute atomic E-state index is 0. The molecule has 0 saturated heterocycles. The highest BCUT2D eigenvalue weighted by atomic mass is 127. The van der Waals surface area contributed by atoms with Crippen molar-refractivity contribution in [2.24, 2.45) is 10.4 Å². The fourth-order valence-corrected chi connectivity index (χ4v) is 4.32. The Balaban J connectivity index is 0.00000288. The predicted molar refractivity (Wildman–Crippen MR) is 112 cm³/mol. The smallest absolute Gasteiger partial charge is 0.191 e. The van der Waals surface area contributed by atoms with Gasteiger partial charge in [-0.25, -0.2) is 4.98 Å². The summed E-state index contributed by atoms with van der Waals surface area (Å²) in [5, 5.41) is 7.02. The zero-order valence-electron chi connectivity index (χ0n) is 15.4. The topological polar surface area (TPSA) is 58.5 Å². The van der Waals surface area contributed by atoms with Gasteiger partial charge in [0.05, 0.1) is 23.9 Å². The molecule has 1 heterocycles. The van der Waals surface area contributed by atoms with Gasteiger partial charge in [0.2, 0.25) is 0 Å². The summed E-state index contributed by atoms with van der Waals surface area (Å²) in [4.78, 5) is 9.93. The molecule has 2 atom stereocenters. The highest BCUT2D eigenvalue weighted by molar-refractivity contribution is 14.0. The number of rotatable bonds is 7. The summed E-state index contributed by atoms with van der Waals surface area (Å²) < 4.78 is 5.95. The second-order valence-electron chi connectivity index (χ2n) is 6.10. The number of thiazole rings is 1. The lowest BCUT2D eigenvalue weighted by atomic mass is 9.58. The van der Waals surface area contributed by atoms with Crippen LogP contribution in [0.3, 0.4) is 0 Å². The number of hydrogen-bond donors (Lipinski definition) is 2. The van der Waals surface area contributed by atoms with E-state index in [0.717, 1.165) is 44.1 Å². The van der Waals surface area contributed by atoms with Crippen LogP contribution in [0.15, 0.2) is 10.5 Å². The van der Waals surface area contributed by atoms with Crippen LogP contribution in [0.5, 0.6) is 0 Å². The van der Waals surface area contributed by atoms with E-state index >= 15 is 0 Å². The molecule has 7 heteroatoms. The number of hydrogen-bond acceptors (Lipinski definition) is 4. The summed E-state index contributed by atoms with van der Waals surface area (Å²) in [6.45, 7) is 10.2. The average molecular weight is 466 g/mol. The Kier molecular flexibility index (Phi) is 8.94. The van der Waals surface area contributed by atoms with Crippen molar-refractivity contribution in [2.75, 3.05) is 13.7 Å². The first-order valence-corrected chi connectivity index (χ1v) is 9.46. The Labute approximate surface area is 167 Å². The molecule has 2 N–H and O–H groups in total. The molecule has 0 amide bonds. The first-order chi connectivity index (χ1) is 11.1. The van der Waals surface area contributed by atoms with Gasteiger partial charge in [0.25, 0.3) is 0 Å². The molecule has 1 aromatic rings. The quantitative estimate of drug-likeness (QED) is 0.366. The van der Waals surface area contributed by atoms with Gasteiger partial charge in [0, 0.05) is 30.0 Å². The molecule has 0 aromatic carbocycles. The van der Waals surface area contributed by atoms with Crippen molar-refractivity contribution in [1.82, 2.24) is 15.6 Å². The Morgan fingerprint density at radius 3 is 2.62 bits per heavy atom. The van der Waals surface area contributed by atoms with Gasteiger partial charge in [0.1, 0.15) is 0 Å². The fourth-order valence-electron chi connectivity index (χ4n) is 3.60. The third kappa shape index (κ3) is 4.40. The van der Waals surface area contributed by atoms with E-state index < -0.39 is 0 Å². The average Bonchev–Trinajstić information content (AvgIpc) is 2.96. The number of ether oxygens (including phenoxy) is 1. The zero-order valence-corrected chi connectivity index (χ0v) is 18.5. The minimum Gasteiger partial charge on any atom is -0.378 e. The third-order valence-corrected chi connectivity index (χ3v) is 6.20. The lowest BCUT2D eigenvalue weighted by Gasteiger charge is -2.55. The number of halogens is 1. The van der Waals surface area contributed by atoms with Crippen LogP contribution < -0.4 is 10.6 Å². The number of aromatic nitrogens is 1. The van der Waals surface area contributed by atoms with E-state index in [9.17, 15) is 0 Å². The van der Waals surface area contributed by atoms with Crippen molar-refractivity contribution in [3.05, 3.63) is 16.1 Å². The fraction of sp³-hybridized carbons (Fsp3) is 0.765. The van der Waals surface area contributed by atoms with Gasteiger partial charge in [-0.3, -0.25) is 4.99 Å². The van der Waals surface area contributed by atoms with Crippen LogP contribution >= 0.6 is 35.3 Å². The molecule has 2 unspecified atom stereocenters. The van der Waals surface area contributed by atoms with E-state index in [2.05, 4.69) is 41.4 Å². The number of aryl methyl sites for hydroxylation is 1. The molecule has 0 aliphatic heterocycles. The maximum Gasteiger partial charge on any atom is 0.191 e. The monoisotopic (exact) mass is 466 g/mol. The van der Waals surface area contributed by atoms with Crippen LogP contribution in [0, 0.1) is 12.3 Å². The molecule has 1 saturated carbocycles. The van der Waals surface area contributed by atoms with Crippen LogP contribution in [-0.4, -0.2) is 36.7 Å². The molecule has 138 valence electrons. The summed E-state index contributed by atoms with van der Waals surface area (Å²) in [5.74, 6) is 0.865. The van der Waals surface area contributed by atoms with Gasteiger partial charge in [-0.05, 0) is 33.1 Å². The lowest BCUT2D eigenvalue weighted by molar-refractivity contribution is -0.133. The maximum atomic E-state index is 5.95. The standard InChI is InChI=1S/C17H30N4OS.HI/c1-6-17(7-2)14(9-15(17)22-8-3)21-16(18-5)19-10-13-12(4)20-11-23-13;/h11,14-15H,6-10H2,1-5H3,(H2,18,19,21);1H. The van der Waals surface area contributed by atoms with E-state index in [1.165, 1.54) is 4.88 Å². The van der Waals surface area contributed by atoms with Crippen LogP contribution in [0.25, 0.3) is 0 Å². The van der Waals surface area contributed by atoms with Crippen molar-refractivity contribution in [3.63, 3.8) is 0 Å². The largest absolute Gasteiger partial charge is 0.378 e. The first kappa shape index (κ1) is 21.6. The summed E-state index contributed by atoms with van der Waals surface area (Å²) in [6.07, 6.45) is 3.66. The molecule has 24 heavy (non-hydrogen) atoms. The van der Waals surface area contributed by atoms with Crippen LogP contribution in [-0.2, 0) is 11.3 Å². The molecule has 0 spiro atoms. The van der Waals surface area contributed by atoms with Gasteiger partial charge in [-0.1, -0.05) is 13.8 Å². The van der Waals surface area contributed by atoms with Crippen molar-refractivity contribution < 1.29 is 4.74 Å². The molecule has 0 radical (unpaired) electrons. The highest BCUT2D eigenvalue weighted by Gasteiger charge is 2.53. The number of guanidine groups is 1. The van der Waals surface area contributed by atoms with Crippen molar-refractivity contribution in [3.8, 4) is 0 Å². The summed E-state index contributed by atoms with van der Waals surface area (Å²) in [6, 6.07) is 0.419. The molecular formula is C17H31IN4OS. The Bertz CT molecular complexity index is 530. The second kappa shape index (κ2) is 9.91. The Morgan fingerprint density at radius 1 is 1.42 bits per heavy atom. The summed E-state index contributed by atoms with van der Waals surface area (Å²) in [7, 11) is 1.83. The molecule has 0 bridgehead atoms. The van der Waals surface area contributed by atoms with Gasteiger partial charge < -0.3 is 15.4 Å². The van der Waals surface area contributed by atoms with Crippen molar-refractivity contribution >= 4 is 41.3 Å². The second-order valence-corrected chi connectivity index (χ2v) is 7.04. The highest BCUT2D eigenvalue weighted by Crippen LogP contribution is 2.48. The third-order valence-electron chi connectivity index (χ3n) is 5.27. The molecule has 5 nitrogen and oxygen atoms in total. The van der Waals surface area contributed by atoms with Crippen molar-refractivity contribution in [1.29, 1.82) is 0 Å². The van der Waals surface area contributed by atoms with E-state index in [0.29, 0.717) is 12.1 Å². The van der Waals surface area contributed by atoms with Gasteiger partial charge >= 0.3 is 0 Å². The maximum absolute atomic E-state index is 5.95. The molecule has 2 rings (SSSR count). The van der Waals surface area contributed by atoms with E-state index in [1.807, 2.05) is 19.5 Å². The normalized spacial score (nSPS) is 22.5. The zero-order chi connectivity index (χ0) is 16.9. The Morgan fingerprint density at radius 2 is 2.12 bits per heavy atom. The van der Waals surface area contributed by atoms with E-state index in [-0.39, 0.29) is 29.4 Å². The lowest BCUT2D eigenvalue weighted by Crippen LogP contribution is -2.65. The molecule has 1 aromatic heterocycles. The SMILES string of the molecule is CCOC1CC(NC(=NC)NCc2scnc2C)C1(CC)CC.I. The number of aliphatic imine (C=N–C) groups is 1. The van der Waals surface area contributed by atoms with E-state index in [1.54, 1.807) is 11.3 Å². The van der Waals surface area contributed by atoms with Gasteiger partial charge in [-0.15, -0.1) is 35.3 Å². The first-order valence-electron chi connectivity index (χ1n) is 8.58. The van der Waals surface area contributed by atoms with Crippen LogP contribution in [0.4, 0.5) is 0 Å². The Hall–Kier alpha value is -0.410. The van der Waals surface area contributed by atoms with Crippen molar-refractivity contribution in [2.45, 2.75) is 65.6 Å². The molecule has 1 aliphatic carbocycles. The van der Waals surface area contributed by atoms with Gasteiger partial charge in [0.15, 0.2) is 5.96 Å². The molecule has 1 fully saturated rings. The minimum atomic E-state index is 0. The predicted octanol–water partition coefficient (Wildman–Crippen LogP) is 3.72. The van der Waals surface area contributed by atoms with E-state index in [4.69, 9.17) is 4.74 Å². The molecular weight excluding hydrogens is 435 g/mol. The van der Waals surface area contributed by atoms with Crippen LogP contribution in [0.1, 0.15) is 50.6 Å².